The van der Waals surface area contributed by atoms with Gasteiger partial charge in [0.25, 0.3) is 0 Å². The first-order valence-corrected chi connectivity index (χ1v) is 8.12. The highest BCUT2D eigenvalue weighted by molar-refractivity contribution is 6.05. The van der Waals surface area contributed by atoms with Gasteiger partial charge in [-0.25, -0.2) is 0 Å². The molecule has 0 aromatic carbocycles. The Kier molecular flexibility index (Phi) is 3.90. The zero-order valence-electron chi connectivity index (χ0n) is 11.7. The molecule has 2 aliphatic carbocycles. The van der Waals surface area contributed by atoms with Crippen molar-refractivity contribution < 1.29 is 9.59 Å². The summed E-state index contributed by atoms with van der Waals surface area (Å²) in [5, 5.41) is 2.63. The van der Waals surface area contributed by atoms with Crippen LogP contribution in [0, 0.1) is 23.7 Å². The van der Waals surface area contributed by atoms with E-state index in [1.165, 1.54) is 38.5 Å². The zero-order chi connectivity index (χ0) is 13.2. The Morgan fingerprint density at radius 3 is 1.37 bits per heavy atom. The number of carbonyl (C=O) groups excluding carboxylic acids is 2. The van der Waals surface area contributed by atoms with Crippen LogP contribution in [0.5, 0.6) is 0 Å². The number of imide groups is 1. The maximum absolute atomic E-state index is 12.2. The summed E-state index contributed by atoms with van der Waals surface area (Å²) in [7, 11) is 0. The lowest BCUT2D eigenvalue weighted by atomic mass is 9.68. The summed E-state index contributed by atoms with van der Waals surface area (Å²) in [6.07, 6.45) is 12.1. The van der Waals surface area contributed by atoms with Crippen molar-refractivity contribution in [3.05, 3.63) is 0 Å². The van der Waals surface area contributed by atoms with E-state index in [2.05, 4.69) is 5.32 Å². The van der Waals surface area contributed by atoms with Crippen molar-refractivity contribution >= 4 is 11.8 Å². The van der Waals surface area contributed by atoms with Gasteiger partial charge in [0.15, 0.2) is 0 Å². The van der Waals surface area contributed by atoms with Crippen LogP contribution in [0.1, 0.15) is 64.2 Å². The molecule has 0 aromatic rings. The SMILES string of the molecule is O=C1NC(=O)C(C2CCCCC2)C1C1CCCCC1. The van der Waals surface area contributed by atoms with E-state index in [4.69, 9.17) is 0 Å². The Labute approximate surface area is 115 Å². The van der Waals surface area contributed by atoms with Crippen molar-refractivity contribution in [1.82, 2.24) is 5.32 Å². The van der Waals surface area contributed by atoms with E-state index in [0.29, 0.717) is 11.8 Å². The highest BCUT2D eigenvalue weighted by Gasteiger charge is 2.49. The Morgan fingerprint density at radius 2 is 1.00 bits per heavy atom. The van der Waals surface area contributed by atoms with Crippen molar-refractivity contribution in [1.29, 1.82) is 0 Å². The number of rotatable bonds is 2. The first kappa shape index (κ1) is 13.1. The quantitative estimate of drug-likeness (QED) is 0.778. The lowest BCUT2D eigenvalue weighted by Gasteiger charge is -2.34. The average Bonchev–Trinajstić information content (AvgIpc) is 2.75. The third kappa shape index (κ3) is 2.56. The summed E-state index contributed by atoms with van der Waals surface area (Å²) < 4.78 is 0. The van der Waals surface area contributed by atoms with Crippen LogP contribution in [0.2, 0.25) is 0 Å². The fourth-order valence-corrected chi connectivity index (χ4v) is 4.62. The first-order chi connectivity index (χ1) is 9.27. The van der Waals surface area contributed by atoms with Gasteiger partial charge in [-0.15, -0.1) is 0 Å². The maximum atomic E-state index is 12.2. The van der Waals surface area contributed by atoms with Gasteiger partial charge in [0.05, 0.1) is 11.8 Å². The van der Waals surface area contributed by atoms with Crippen molar-refractivity contribution in [2.24, 2.45) is 23.7 Å². The topological polar surface area (TPSA) is 46.2 Å². The third-order valence-electron chi connectivity index (χ3n) is 5.55. The molecular weight excluding hydrogens is 238 g/mol. The standard InChI is InChI=1S/C16H25NO2/c18-15-13(11-7-3-1-4-8-11)14(16(19)17-15)12-9-5-2-6-10-12/h11-14H,1-10H2,(H,17,18,19). The molecule has 2 amide bonds. The van der Waals surface area contributed by atoms with Gasteiger partial charge in [0.1, 0.15) is 0 Å². The number of carbonyl (C=O) groups is 2. The van der Waals surface area contributed by atoms with Gasteiger partial charge in [-0.3, -0.25) is 14.9 Å². The molecule has 0 aromatic heterocycles. The van der Waals surface area contributed by atoms with Crippen molar-refractivity contribution in [2.45, 2.75) is 64.2 Å². The molecule has 0 bridgehead atoms. The van der Waals surface area contributed by atoms with Gasteiger partial charge in [0, 0.05) is 0 Å². The van der Waals surface area contributed by atoms with Gasteiger partial charge in [-0.2, -0.15) is 0 Å². The summed E-state index contributed by atoms with van der Waals surface area (Å²) in [6, 6.07) is 0. The van der Waals surface area contributed by atoms with Crippen molar-refractivity contribution in [2.75, 3.05) is 0 Å². The number of nitrogens with one attached hydrogen (secondary N) is 1. The highest BCUT2D eigenvalue weighted by Crippen LogP contribution is 2.43. The summed E-state index contributed by atoms with van der Waals surface area (Å²) in [4.78, 5) is 24.4. The second kappa shape index (κ2) is 5.64. The minimum atomic E-state index is -0.00380. The molecule has 106 valence electrons. The molecule has 2 unspecified atom stereocenters. The largest absolute Gasteiger partial charge is 0.296 e. The van der Waals surface area contributed by atoms with E-state index in [0.717, 1.165) is 25.7 Å². The fraction of sp³-hybridized carbons (Fsp3) is 0.875. The Morgan fingerprint density at radius 1 is 0.632 bits per heavy atom. The van der Waals surface area contributed by atoms with Crippen LogP contribution in [0.4, 0.5) is 0 Å². The lowest BCUT2D eigenvalue weighted by molar-refractivity contribution is -0.126. The zero-order valence-corrected chi connectivity index (χ0v) is 11.7. The van der Waals surface area contributed by atoms with Crippen LogP contribution in [0.15, 0.2) is 0 Å². The predicted molar refractivity (Wildman–Crippen MR) is 73.3 cm³/mol. The van der Waals surface area contributed by atoms with Gasteiger partial charge in [-0.05, 0) is 37.5 Å². The van der Waals surface area contributed by atoms with Gasteiger partial charge >= 0.3 is 0 Å². The van der Waals surface area contributed by atoms with Crippen LogP contribution < -0.4 is 5.32 Å². The van der Waals surface area contributed by atoms with Gasteiger partial charge < -0.3 is 0 Å². The van der Waals surface area contributed by atoms with Crippen molar-refractivity contribution in [3.8, 4) is 0 Å². The van der Waals surface area contributed by atoms with E-state index in [1.54, 1.807) is 0 Å². The third-order valence-corrected chi connectivity index (χ3v) is 5.55. The molecule has 1 heterocycles. The highest BCUT2D eigenvalue weighted by atomic mass is 16.2. The Balaban J connectivity index is 1.77. The summed E-state index contributed by atoms with van der Waals surface area (Å²) in [6.45, 7) is 0. The second-order valence-corrected chi connectivity index (χ2v) is 6.70. The molecule has 0 spiro atoms. The number of amides is 2. The van der Waals surface area contributed by atoms with Crippen LogP contribution in [-0.4, -0.2) is 11.8 Å². The Hall–Kier alpha value is -0.860. The smallest absolute Gasteiger partial charge is 0.230 e. The summed E-state index contributed by atoms with van der Waals surface area (Å²) in [5.74, 6) is 0.992. The Bertz CT molecular complexity index is 320. The molecule has 3 aliphatic rings. The molecule has 3 nitrogen and oxygen atoms in total. The van der Waals surface area contributed by atoms with Gasteiger partial charge in [-0.1, -0.05) is 38.5 Å². The maximum Gasteiger partial charge on any atom is 0.230 e. The summed E-state index contributed by atoms with van der Waals surface area (Å²) in [5.41, 5.74) is 0. The molecule has 19 heavy (non-hydrogen) atoms. The minimum Gasteiger partial charge on any atom is -0.296 e. The fourth-order valence-electron chi connectivity index (χ4n) is 4.62. The summed E-state index contributed by atoms with van der Waals surface area (Å²) >= 11 is 0. The predicted octanol–water partition coefficient (Wildman–Crippen LogP) is 3.04. The van der Waals surface area contributed by atoms with Gasteiger partial charge in [0.2, 0.25) is 11.8 Å². The van der Waals surface area contributed by atoms with E-state index in [1.807, 2.05) is 0 Å². The molecular formula is C16H25NO2. The van der Waals surface area contributed by atoms with Crippen LogP contribution in [0.3, 0.4) is 0 Å². The van der Waals surface area contributed by atoms with E-state index >= 15 is 0 Å². The molecule has 1 N–H and O–H groups in total. The monoisotopic (exact) mass is 263 g/mol. The van der Waals surface area contributed by atoms with Crippen LogP contribution in [-0.2, 0) is 9.59 Å². The van der Waals surface area contributed by atoms with E-state index < -0.39 is 0 Å². The normalized spacial score (nSPS) is 34.5. The molecule has 3 fully saturated rings. The molecule has 3 rings (SSSR count). The molecule has 2 atom stereocenters. The second-order valence-electron chi connectivity index (χ2n) is 6.70. The minimum absolute atomic E-state index is 0.00380. The lowest BCUT2D eigenvalue weighted by Crippen LogP contribution is -2.33. The van der Waals surface area contributed by atoms with Crippen LogP contribution in [0.25, 0.3) is 0 Å². The average molecular weight is 263 g/mol. The molecule has 2 saturated carbocycles. The molecule has 1 aliphatic heterocycles. The van der Waals surface area contributed by atoms with E-state index in [9.17, 15) is 9.59 Å². The number of hydrogen-bond acceptors (Lipinski definition) is 2. The van der Waals surface area contributed by atoms with Crippen molar-refractivity contribution in [3.63, 3.8) is 0 Å². The van der Waals surface area contributed by atoms with Crippen LogP contribution >= 0.6 is 0 Å². The van der Waals surface area contributed by atoms with E-state index in [-0.39, 0.29) is 23.7 Å². The molecule has 1 saturated heterocycles. The molecule has 3 heteroatoms. The first-order valence-electron chi connectivity index (χ1n) is 8.12. The number of hydrogen-bond donors (Lipinski definition) is 1. The molecule has 0 radical (unpaired) electrons.